The van der Waals surface area contributed by atoms with E-state index in [-0.39, 0.29) is 17.4 Å². The Bertz CT molecular complexity index is 403. The lowest BCUT2D eigenvalue weighted by molar-refractivity contribution is -0.125. The first-order valence-corrected chi connectivity index (χ1v) is 6.34. The van der Waals surface area contributed by atoms with Crippen molar-refractivity contribution in [2.24, 2.45) is 11.1 Å². The summed E-state index contributed by atoms with van der Waals surface area (Å²) < 4.78 is 0. The molecule has 1 amide bonds. The molecule has 3 N–H and O–H groups in total. The lowest BCUT2D eigenvalue weighted by Gasteiger charge is -2.27. The molecule has 0 spiro atoms. The molecule has 0 heterocycles. The van der Waals surface area contributed by atoms with Gasteiger partial charge in [-0.1, -0.05) is 50.6 Å². The fourth-order valence-electron chi connectivity index (χ4n) is 1.63. The fourth-order valence-corrected chi connectivity index (χ4v) is 1.63. The number of nitrogens with one attached hydrogen (secondary N) is 1. The van der Waals surface area contributed by atoms with Crippen molar-refractivity contribution in [2.45, 2.75) is 46.7 Å². The van der Waals surface area contributed by atoms with E-state index in [1.165, 1.54) is 5.56 Å². The Morgan fingerprint density at radius 3 is 2.17 bits per heavy atom. The number of carbonyl (C=O) groups is 1. The Hall–Kier alpha value is -1.35. The number of amides is 1. The van der Waals surface area contributed by atoms with Crippen LogP contribution in [0.3, 0.4) is 0 Å². The number of hydrogen-bond donors (Lipinski definition) is 2. The molecule has 1 unspecified atom stereocenters. The summed E-state index contributed by atoms with van der Waals surface area (Å²) in [6, 6.07) is 7.63. The zero-order chi connectivity index (χ0) is 13.9. The lowest BCUT2D eigenvalue weighted by Crippen LogP contribution is -2.49. The van der Waals surface area contributed by atoms with Gasteiger partial charge in [0.25, 0.3) is 0 Å². The molecule has 3 nitrogen and oxygen atoms in total. The molecule has 1 aromatic rings. The normalized spacial score (nSPS) is 15.0. The number of rotatable bonds is 3. The minimum Gasteiger partial charge on any atom is -0.348 e. The van der Waals surface area contributed by atoms with Crippen molar-refractivity contribution in [1.29, 1.82) is 0 Å². The Morgan fingerprint density at radius 2 is 1.72 bits per heavy atom. The number of aryl methyl sites for hydroxylation is 1. The summed E-state index contributed by atoms with van der Waals surface area (Å²) in [5.74, 6) is -0.101. The molecule has 1 rings (SSSR count). The quantitative estimate of drug-likeness (QED) is 0.863. The van der Waals surface area contributed by atoms with Gasteiger partial charge in [-0.25, -0.2) is 0 Å². The summed E-state index contributed by atoms with van der Waals surface area (Å²) in [7, 11) is 0. The highest BCUT2D eigenvalue weighted by atomic mass is 16.2. The van der Waals surface area contributed by atoms with E-state index in [2.05, 4.69) is 5.32 Å². The van der Waals surface area contributed by atoms with Gasteiger partial charge in [0.15, 0.2) is 0 Å². The van der Waals surface area contributed by atoms with Gasteiger partial charge >= 0.3 is 0 Å². The van der Waals surface area contributed by atoms with Crippen LogP contribution in [-0.2, 0) is 4.79 Å². The molecule has 0 radical (unpaired) electrons. The van der Waals surface area contributed by atoms with E-state index in [0.29, 0.717) is 0 Å². The highest BCUT2D eigenvalue weighted by Crippen LogP contribution is 2.19. The number of nitrogens with two attached hydrogens (primary N) is 1. The van der Waals surface area contributed by atoms with Crippen molar-refractivity contribution in [3.05, 3.63) is 35.4 Å². The van der Waals surface area contributed by atoms with Crippen molar-refractivity contribution in [3.8, 4) is 0 Å². The second kappa shape index (κ2) is 5.53. The molecule has 2 atom stereocenters. The maximum atomic E-state index is 12.0. The average molecular weight is 248 g/mol. The first-order chi connectivity index (χ1) is 8.21. The van der Waals surface area contributed by atoms with Crippen LogP contribution in [-0.4, -0.2) is 11.9 Å². The standard InChI is InChI=1S/C15H24N2O/c1-10-6-8-12(9-7-10)11(2)17-14(18)13(16)15(3,4)5/h6-9,11,13H,16H2,1-5H3,(H,17,18)/t11?,13-/m1/s1. The molecule has 100 valence electrons. The fraction of sp³-hybridized carbons (Fsp3) is 0.533. The molecular formula is C15H24N2O. The van der Waals surface area contributed by atoms with Gasteiger partial charge in [0.05, 0.1) is 12.1 Å². The minimum absolute atomic E-state index is 0.0218. The number of hydrogen-bond acceptors (Lipinski definition) is 2. The average Bonchev–Trinajstić information content (AvgIpc) is 2.27. The van der Waals surface area contributed by atoms with E-state index in [0.717, 1.165) is 5.56 Å². The number of carbonyl (C=O) groups excluding carboxylic acids is 1. The van der Waals surface area contributed by atoms with Gasteiger partial charge in [0, 0.05) is 0 Å². The second-order valence-electron chi connectivity index (χ2n) is 5.98. The van der Waals surface area contributed by atoms with E-state index in [1.807, 2.05) is 58.9 Å². The summed E-state index contributed by atoms with van der Waals surface area (Å²) in [5, 5.41) is 2.96. The molecule has 1 aromatic carbocycles. The van der Waals surface area contributed by atoms with Crippen molar-refractivity contribution in [1.82, 2.24) is 5.32 Å². The predicted molar refractivity (Wildman–Crippen MR) is 75.2 cm³/mol. The SMILES string of the molecule is Cc1ccc(C(C)NC(=O)[C@@H](N)C(C)(C)C)cc1. The Morgan fingerprint density at radius 1 is 1.22 bits per heavy atom. The van der Waals surface area contributed by atoms with Crippen LogP contribution < -0.4 is 11.1 Å². The molecule has 18 heavy (non-hydrogen) atoms. The van der Waals surface area contributed by atoms with Gasteiger partial charge in [0.1, 0.15) is 0 Å². The highest BCUT2D eigenvalue weighted by Gasteiger charge is 2.28. The molecule has 0 aliphatic rings. The third-order valence-corrected chi connectivity index (χ3v) is 3.15. The van der Waals surface area contributed by atoms with Gasteiger partial charge in [-0.05, 0) is 24.8 Å². The van der Waals surface area contributed by atoms with Gasteiger partial charge in [-0.3, -0.25) is 4.79 Å². The van der Waals surface area contributed by atoms with Gasteiger partial charge in [0.2, 0.25) is 5.91 Å². The first-order valence-electron chi connectivity index (χ1n) is 6.34. The summed E-state index contributed by atoms with van der Waals surface area (Å²) in [5.41, 5.74) is 8.01. The smallest absolute Gasteiger partial charge is 0.237 e. The largest absolute Gasteiger partial charge is 0.348 e. The molecule has 0 saturated carbocycles. The van der Waals surface area contributed by atoms with Crippen molar-refractivity contribution < 1.29 is 4.79 Å². The zero-order valence-electron chi connectivity index (χ0n) is 11.9. The van der Waals surface area contributed by atoms with E-state index in [1.54, 1.807) is 0 Å². The van der Waals surface area contributed by atoms with Gasteiger partial charge in [-0.2, -0.15) is 0 Å². The lowest BCUT2D eigenvalue weighted by atomic mass is 9.86. The monoisotopic (exact) mass is 248 g/mol. The van der Waals surface area contributed by atoms with E-state index >= 15 is 0 Å². The molecule has 0 bridgehead atoms. The Labute approximate surface area is 110 Å². The topological polar surface area (TPSA) is 55.1 Å². The third-order valence-electron chi connectivity index (χ3n) is 3.15. The van der Waals surface area contributed by atoms with Crippen LogP contribution in [0.4, 0.5) is 0 Å². The molecule has 0 aliphatic carbocycles. The summed E-state index contributed by atoms with van der Waals surface area (Å²) in [6.45, 7) is 9.91. The van der Waals surface area contributed by atoms with E-state index in [9.17, 15) is 4.79 Å². The predicted octanol–water partition coefficient (Wildman–Crippen LogP) is 2.55. The van der Waals surface area contributed by atoms with Crippen LogP contribution in [0.25, 0.3) is 0 Å². The van der Waals surface area contributed by atoms with Crippen LogP contribution in [0.2, 0.25) is 0 Å². The Kier molecular flexibility index (Phi) is 4.52. The van der Waals surface area contributed by atoms with Crippen LogP contribution in [0.1, 0.15) is 44.9 Å². The highest BCUT2D eigenvalue weighted by molar-refractivity contribution is 5.82. The van der Waals surface area contributed by atoms with Gasteiger partial charge in [-0.15, -0.1) is 0 Å². The van der Waals surface area contributed by atoms with Gasteiger partial charge < -0.3 is 11.1 Å². The minimum atomic E-state index is -0.495. The van der Waals surface area contributed by atoms with Crippen LogP contribution in [0, 0.1) is 12.3 Å². The van der Waals surface area contributed by atoms with E-state index < -0.39 is 6.04 Å². The first kappa shape index (κ1) is 14.7. The van der Waals surface area contributed by atoms with Crippen molar-refractivity contribution in [2.75, 3.05) is 0 Å². The van der Waals surface area contributed by atoms with Crippen LogP contribution in [0.15, 0.2) is 24.3 Å². The molecule has 3 heteroatoms. The molecular weight excluding hydrogens is 224 g/mol. The number of benzene rings is 1. The zero-order valence-corrected chi connectivity index (χ0v) is 11.9. The van der Waals surface area contributed by atoms with Crippen molar-refractivity contribution in [3.63, 3.8) is 0 Å². The maximum Gasteiger partial charge on any atom is 0.237 e. The third kappa shape index (κ3) is 3.84. The van der Waals surface area contributed by atoms with E-state index in [4.69, 9.17) is 5.73 Å². The molecule has 0 aromatic heterocycles. The van der Waals surface area contributed by atoms with Crippen LogP contribution >= 0.6 is 0 Å². The second-order valence-corrected chi connectivity index (χ2v) is 5.98. The van der Waals surface area contributed by atoms with Crippen molar-refractivity contribution >= 4 is 5.91 Å². The summed E-state index contributed by atoms with van der Waals surface area (Å²) >= 11 is 0. The summed E-state index contributed by atoms with van der Waals surface area (Å²) in [6.07, 6.45) is 0. The maximum absolute atomic E-state index is 12.0. The summed E-state index contributed by atoms with van der Waals surface area (Å²) in [4.78, 5) is 12.0. The Balaban J connectivity index is 2.68. The molecule has 0 saturated heterocycles. The molecule has 0 fully saturated rings. The molecule has 0 aliphatic heterocycles. The van der Waals surface area contributed by atoms with Crippen LogP contribution in [0.5, 0.6) is 0 Å².